The van der Waals surface area contributed by atoms with Crippen LogP contribution in [0.25, 0.3) is 0 Å². The molecule has 120 valence electrons. The average Bonchev–Trinajstić information content (AvgIpc) is 2.42. The van der Waals surface area contributed by atoms with E-state index in [1.54, 1.807) is 0 Å². The second-order valence-electron chi connectivity index (χ2n) is 6.54. The number of ether oxygens (including phenoxy) is 2. The second-order valence-corrected chi connectivity index (χ2v) is 6.54. The third kappa shape index (κ3) is 7.96. The molecular weight excluding hydrogens is 262 g/mol. The van der Waals surface area contributed by atoms with Crippen LogP contribution in [0.5, 0.6) is 11.5 Å². The van der Waals surface area contributed by atoms with Crippen LogP contribution >= 0.6 is 0 Å². The summed E-state index contributed by atoms with van der Waals surface area (Å²) in [4.78, 5) is 0. The van der Waals surface area contributed by atoms with Gasteiger partial charge in [-0.3, -0.25) is 0 Å². The zero-order valence-corrected chi connectivity index (χ0v) is 14.2. The standard InChI is InChI=1S/C18H31NO2/c1-6-14-20-16-11-7-8-12-17(16)21-15(2)10-9-13-19-18(3,4)5/h7-8,11-12,15,19H,6,9-10,13-14H2,1-5H3. The molecule has 0 aromatic heterocycles. The summed E-state index contributed by atoms with van der Waals surface area (Å²) < 4.78 is 11.7. The smallest absolute Gasteiger partial charge is 0.161 e. The zero-order chi connectivity index (χ0) is 15.7. The molecule has 21 heavy (non-hydrogen) atoms. The molecule has 0 aliphatic heterocycles. The first-order valence-electron chi connectivity index (χ1n) is 8.06. The van der Waals surface area contributed by atoms with E-state index in [-0.39, 0.29) is 11.6 Å². The number of nitrogens with one attached hydrogen (secondary N) is 1. The third-order valence-electron chi connectivity index (χ3n) is 3.08. The Balaban J connectivity index is 2.38. The van der Waals surface area contributed by atoms with Gasteiger partial charge in [0.25, 0.3) is 0 Å². The largest absolute Gasteiger partial charge is 0.490 e. The predicted octanol–water partition coefficient (Wildman–Crippen LogP) is 4.41. The number of hydrogen-bond donors (Lipinski definition) is 1. The second kappa shape index (κ2) is 8.93. The van der Waals surface area contributed by atoms with Crippen molar-refractivity contribution < 1.29 is 9.47 Å². The maximum atomic E-state index is 6.02. The molecule has 0 saturated carbocycles. The average molecular weight is 293 g/mol. The lowest BCUT2D eigenvalue weighted by atomic mass is 10.1. The minimum atomic E-state index is 0.185. The van der Waals surface area contributed by atoms with Crippen molar-refractivity contribution >= 4 is 0 Å². The molecule has 3 heteroatoms. The highest BCUT2D eigenvalue weighted by Crippen LogP contribution is 2.28. The molecule has 0 saturated heterocycles. The van der Waals surface area contributed by atoms with E-state index in [0.717, 1.165) is 43.9 Å². The van der Waals surface area contributed by atoms with Crippen LogP contribution in [0.15, 0.2) is 24.3 Å². The van der Waals surface area contributed by atoms with Crippen LogP contribution in [0.4, 0.5) is 0 Å². The molecule has 1 unspecified atom stereocenters. The van der Waals surface area contributed by atoms with Crippen molar-refractivity contribution in [3.05, 3.63) is 24.3 Å². The molecule has 1 aromatic carbocycles. The van der Waals surface area contributed by atoms with E-state index >= 15 is 0 Å². The third-order valence-corrected chi connectivity index (χ3v) is 3.08. The van der Waals surface area contributed by atoms with Crippen LogP contribution in [0.1, 0.15) is 53.9 Å². The summed E-state index contributed by atoms with van der Waals surface area (Å²) >= 11 is 0. The fraction of sp³-hybridized carbons (Fsp3) is 0.667. The zero-order valence-electron chi connectivity index (χ0n) is 14.2. The summed E-state index contributed by atoms with van der Waals surface area (Å²) in [6.45, 7) is 12.5. The lowest BCUT2D eigenvalue weighted by Gasteiger charge is -2.21. The molecule has 0 bridgehead atoms. The molecule has 0 aliphatic rings. The van der Waals surface area contributed by atoms with Crippen molar-refractivity contribution in [3.8, 4) is 11.5 Å². The van der Waals surface area contributed by atoms with Gasteiger partial charge in [0.05, 0.1) is 12.7 Å². The Morgan fingerprint density at radius 3 is 2.43 bits per heavy atom. The fourth-order valence-electron chi connectivity index (χ4n) is 2.01. The fourth-order valence-corrected chi connectivity index (χ4v) is 2.01. The van der Waals surface area contributed by atoms with Gasteiger partial charge in [-0.2, -0.15) is 0 Å². The number of para-hydroxylation sites is 2. The first kappa shape index (κ1) is 17.8. The van der Waals surface area contributed by atoms with E-state index in [1.807, 2.05) is 24.3 Å². The van der Waals surface area contributed by atoms with Gasteiger partial charge in [0.2, 0.25) is 0 Å². The van der Waals surface area contributed by atoms with Crippen molar-refractivity contribution in [2.75, 3.05) is 13.2 Å². The van der Waals surface area contributed by atoms with Crippen molar-refractivity contribution in [1.29, 1.82) is 0 Å². The molecular formula is C18H31NO2. The Bertz CT molecular complexity index is 398. The summed E-state index contributed by atoms with van der Waals surface area (Å²) in [5.74, 6) is 1.70. The molecule has 0 aliphatic carbocycles. The Morgan fingerprint density at radius 2 is 1.81 bits per heavy atom. The number of benzene rings is 1. The highest BCUT2D eigenvalue weighted by Gasteiger charge is 2.11. The van der Waals surface area contributed by atoms with Gasteiger partial charge in [0.1, 0.15) is 0 Å². The first-order chi connectivity index (χ1) is 9.92. The Kier molecular flexibility index (Phi) is 7.58. The minimum Gasteiger partial charge on any atom is -0.490 e. The summed E-state index contributed by atoms with van der Waals surface area (Å²) in [6, 6.07) is 7.92. The van der Waals surface area contributed by atoms with E-state index in [0.29, 0.717) is 0 Å². The molecule has 0 spiro atoms. The van der Waals surface area contributed by atoms with Gasteiger partial charge in [-0.1, -0.05) is 19.1 Å². The van der Waals surface area contributed by atoms with Crippen LogP contribution in [0, 0.1) is 0 Å². The lowest BCUT2D eigenvalue weighted by Crippen LogP contribution is -2.36. The van der Waals surface area contributed by atoms with Crippen molar-refractivity contribution in [2.45, 2.75) is 65.5 Å². The van der Waals surface area contributed by atoms with E-state index in [2.05, 4.69) is 39.9 Å². The monoisotopic (exact) mass is 293 g/mol. The van der Waals surface area contributed by atoms with Gasteiger partial charge in [-0.25, -0.2) is 0 Å². The van der Waals surface area contributed by atoms with Gasteiger partial charge in [0.15, 0.2) is 11.5 Å². The van der Waals surface area contributed by atoms with Crippen molar-refractivity contribution in [1.82, 2.24) is 5.32 Å². The molecule has 3 nitrogen and oxygen atoms in total. The topological polar surface area (TPSA) is 30.5 Å². The molecule has 0 heterocycles. The number of hydrogen-bond acceptors (Lipinski definition) is 3. The van der Waals surface area contributed by atoms with E-state index < -0.39 is 0 Å². The Labute approximate surface area is 130 Å². The predicted molar refractivity (Wildman–Crippen MR) is 89.3 cm³/mol. The van der Waals surface area contributed by atoms with Gasteiger partial charge in [-0.15, -0.1) is 0 Å². The van der Waals surface area contributed by atoms with Crippen molar-refractivity contribution in [3.63, 3.8) is 0 Å². The van der Waals surface area contributed by atoms with E-state index in [4.69, 9.17) is 9.47 Å². The normalized spacial score (nSPS) is 13.0. The van der Waals surface area contributed by atoms with Crippen LogP contribution in [0.2, 0.25) is 0 Å². The Morgan fingerprint density at radius 1 is 1.14 bits per heavy atom. The van der Waals surface area contributed by atoms with Gasteiger partial charge in [-0.05, 0) is 65.6 Å². The summed E-state index contributed by atoms with van der Waals surface area (Å²) in [5.41, 5.74) is 0.185. The van der Waals surface area contributed by atoms with Crippen LogP contribution in [-0.4, -0.2) is 24.8 Å². The number of rotatable bonds is 9. The maximum absolute atomic E-state index is 6.02. The van der Waals surface area contributed by atoms with Crippen LogP contribution < -0.4 is 14.8 Å². The molecule has 0 radical (unpaired) electrons. The molecule has 1 rings (SSSR count). The first-order valence-corrected chi connectivity index (χ1v) is 8.06. The maximum Gasteiger partial charge on any atom is 0.161 e. The van der Waals surface area contributed by atoms with Gasteiger partial charge in [0, 0.05) is 5.54 Å². The highest BCUT2D eigenvalue weighted by atomic mass is 16.5. The van der Waals surface area contributed by atoms with Crippen LogP contribution in [0.3, 0.4) is 0 Å². The molecule has 0 fully saturated rings. The van der Waals surface area contributed by atoms with E-state index in [9.17, 15) is 0 Å². The van der Waals surface area contributed by atoms with Crippen molar-refractivity contribution in [2.24, 2.45) is 0 Å². The molecule has 0 amide bonds. The molecule has 1 atom stereocenters. The van der Waals surface area contributed by atoms with Crippen LogP contribution in [-0.2, 0) is 0 Å². The van der Waals surface area contributed by atoms with Gasteiger partial charge >= 0.3 is 0 Å². The lowest BCUT2D eigenvalue weighted by molar-refractivity contribution is 0.192. The van der Waals surface area contributed by atoms with Gasteiger partial charge < -0.3 is 14.8 Å². The quantitative estimate of drug-likeness (QED) is 0.684. The summed E-state index contributed by atoms with van der Waals surface area (Å²) in [6.07, 6.45) is 3.34. The molecule has 1 aromatic rings. The minimum absolute atomic E-state index is 0.185. The summed E-state index contributed by atoms with van der Waals surface area (Å²) in [7, 11) is 0. The highest BCUT2D eigenvalue weighted by molar-refractivity contribution is 5.39. The SMILES string of the molecule is CCCOc1ccccc1OC(C)CCCNC(C)(C)C. The van der Waals surface area contributed by atoms with E-state index in [1.165, 1.54) is 0 Å². The summed E-state index contributed by atoms with van der Waals surface area (Å²) in [5, 5.41) is 3.50. The molecule has 1 N–H and O–H groups in total. The Hall–Kier alpha value is -1.22.